The molecule has 1 atom stereocenters. The van der Waals surface area contributed by atoms with Gasteiger partial charge in [-0.2, -0.15) is 4.79 Å². The van der Waals surface area contributed by atoms with E-state index >= 15 is 0 Å². The molecule has 1 aliphatic heterocycles. The molecule has 0 fully saturated rings. The topological polar surface area (TPSA) is 85.6 Å². The summed E-state index contributed by atoms with van der Waals surface area (Å²) in [6, 6.07) is 11.1. The Morgan fingerprint density at radius 3 is 2.20 bits per heavy atom. The average molecular weight is 504 g/mol. The molecule has 0 saturated heterocycles. The number of hydrogen-bond acceptors (Lipinski definition) is 6. The first-order chi connectivity index (χ1) is 16.2. The Kier molecular flexibility index (Phi) is 7.62. The van der Waals surface area contributed by atoms with E-state index in [2.05, 4.69) is 11.7 Å². The molecule has 0 aliphatic carbocycles. The molecule has 0 bridgehead atoms. The lowest BCUT2D eigenvalue weighted by atomic mass is 10.0. The third-order valence-corrected chi connectivity index (χ3v) is 6.81. The maximum Gasteiger partial charge on any atom is 0.598 e. The molecular formula is C26H32FN2O5S+. The number of carbonyl (C=O) groups is 1. The SMILES string of the molecule is C=[N+](C(=O)OC(C)(C)C)C(C)(C)OC(CCF)c1ccc(-c2ccc(C3=CS(=O)(=O)C3)nc2)cc1. The monoisotopic (exact) mass is 503 g/mol. The minimum absolute atomic E-state index is 0.0129. The molecule has 7 nitrogen and oxygen atoms in total. The van der Waals surface area contributed by atoms with Crippen LogP contribution in [-0.4, -0.2) is 54.5 Å². The lowest BCUT2D eigenvalue weighted by molar-refractivity contribution is -0.589. The number of amides is 1. The average Bonchev–Trinajstić information content (AvgIpc) is 2.75. The summed E-state index contributed by atoms with van der Waals surface area (Å²) < 4.78 is 48.7. The van der Waals surface area contributed by atoms with Crippen LogP contribution in [0.3, 0.4) is 0 Å². The van der Waals surface area contributed by atoms with Crippen molar-refractivity contribution in [2.75, 3.05) is 12.4 Å². The van der Waals surface area contributed by atoms with Gasteiger partial charge in [-0.1, -0.05) is 30.3 Å². The van der Waals surface area contributed by atoms with Crippen LogP contribution in [0.15, 0.2) is 48.0 Å². The van der Waals surface area contributed by atoms with E-state index in [1.165, 1.54) is 5.41 Å². The lowest BCUT2D eigenvalue weighted by Crippen LogP contribution is -2.45. The van der Waals surface area contributed by atoms with E-state index in [0.717, 1.165) is 21.3 Å². The maximum atomic E-state index is 13.4. The standard InChI is InChI=1S/C26H32FN2O5S/c1-25(2,3)34-24(30)29(6)26(4,5)33-23(13-14-27)19-9-7-18(8-10-19)20-11-12-22(28-15-20)21-16-35(31,32)17-21/h7-12,15-16,23H,6,13-14,17H2,1-5H3/q+1. The fourth-order valence-electron chi connectivity index (χ4n) is 3.53. The van der Waals surface area contributed by atoms with Crippen LogP contribution in [0.1, 0.15) is 58.4 Å². The van der Waals surface area contributed by atoms with Crippen LogP contribution >= 0.6 is 0 Å². The first-order valence-corrected chi connectivity index (χ1v) is 13.0. The second-order valence-corrected chi connectivity index (χ2v) is 11.8. The van der Waals surface area contributed by atoms with E-state index in [1.54, 1.807) is 46.9 Å². The molecule has 35 heavy (non-hydrogen) atoms. The van der Waals surface area contributed by atoms with Crippen molar-refractivity contribution in [3.05, 3.63) is 59.3 Å². The highest BCUT2D eigenvalue weighted by Gasteiger charge is 2.41. The van der Waals surface area contributed by atoms with Gasteiger partial charge in [0.25, 0.3) is 5.72 Å². The summed E-state index contributed by atoms with van der Waals surface area (Å²) in [5, 5.41) is 1.24. The Labute approximate surface area is 206 Å². The molecule has 3 rings (SSSR count). The number of benzene rings is 1. The normalized spacial score (nSPS) is 16.1. The van der Waals surface area contributed by atoms with Crippen molar-refractivity contribution in [3.63, 3.8) is 0 Å². The third-order valence-electron chi connectivity index (χ3n) is 5.45. The number of hydrogen-bond donors (Lipinski definition) is 0. The molecule has 9 heteroatoms. The highest BCUT2D eigenvalue weighted by Crippen LogP contribution is 2.31. The molecule has 1 aromatic carbocycles. The highest BCUT2D eigenvalue weighted by atomic mass is 32.2. The van der Waals surface area contributed by atoms with Crippen LogP contribution in [0.25, 0.3) is 16.7 Å². The summed E-state index contributed by atoms with van der Waals surface area (Å²) in [5.41, 5.74) is 2.02. The fourth-order valence-corrected chi connectivity index (χ4v) is 4.62. The number of alkyl halides is 1. The fraction of sp³-hybridized carbons (Fsp3) is 0.423. The molecule has 1 amide bonds. The Morgan fingerprint density at radius 2 is 1.71 bits per heavy atom. The Morgan fingerprint density at radius 1 is 1.11 bits per heavy atom. The highest BCUT2D eigenvalue weighted by molar-refractivity contribution is 7.96. The van der Waals surface area contributed by atoms with Crippen molar-refractivity contribution in [1.29, 1.82) is 0 Å². The van der Waals surface area contributed by atoms with Gasteiger partial charge in [-0.25, -0.2) is 8.42 Å². The van der Waals surface area contributed by atoms with Gasteiger partial charge in [0.05, 0.1) is 24.2 Å². The molecule has 1 aliphatic rings. The number of ether oxygens (including phenoxy) is 2. The number of halogens is 1. The summed E-state index contributed by atoms with van der Waals surface area (Å²) in [7, 11) is -3.06. The number of nitrogens with zero attached hydrogens (tertiary/aromatic N) is 2. The van der Waals surface area contributed by atoms with E-state index in [-0.39, 0.29) is 12.2 Å². The number of sulfone groups is 1. The molecule has 2 aromatic rings. The number of aromatic nitrogens is 1. The van der Waals surface area contributed by atoms with Gasteiger partial charge < -0.3 is 9.47 Å². The van der Waals surface area contributed by atoms with Crippen LogP contribution < -0.4 is 0 Å². The van der Waals surface area contributed by atoms with Gasteiger partial charge in [-0.05, 0) is 38.0 Å². The van der Waals surface area contributed by atoms with Crippen LogP contribution in [0.5, 0.6) is 0 Å². The summed E-state index contributed by atoms with van der Waals surface area (Å²) in [5.74, 6) is 0.0129. The van der Waals surface area contributed by atoms with Crippen molar-refractivity contribution in [2.45, 2.75) is 58.5 Å². The quantitative estimate of drug-likeness (QED) is 0.275. The molecule has 0 saturated carbocycles. The minimum atomic E-state index is -3.06. The minimum Gasteiger partial charge on any atom is -0.406 e. The summed E-state index contributed by atoms with van der Waals surface area (Å²) >= 11 is 0. The first-order valence-electron chi connectivity index (χ1n) is 11.3. The van der Waals surface area contributed by atoms with Crippen LogP contribution in [0.2, 0.25) is 0 Å². The van der Waals surface area contributed by atoms with E-state index < -0.39 is 40.0 Å². The van der Waals surface area contributed by atoms with Gasteiger partial charge in [0.1, 0.15) is 12.3 Å². The van der Waals surface area contributed by atoms with Crippen LogP contribution in [0.4, 0.5) is 9.18 Å². The number of pyridine rings is 1. The third kappa shape index (κ3) is 6.82. The molecule has 2 heterocycles. The predicted octanol–water partition coefficient (Wildman–Crippen LogP) is 5.32. The molecule has 0 radical (unpaired) electrons. The van der Waals surface area contributed by atoms with Gasteiger partial charge in [0.15, 0.2) is 9.84 Å². The molecule has 188 valence electrons. The molecule has 1 unspecified atom stereocenters. The van der Waals surface area contributed by atoms with Gasteiger partial charge in [-0.15, -0.1) is 4.58 Å². The zero-order valence-electron chi connectivity index (χ0n) is 20.7. The summed E-state index contributed by atoms with van der Waals surface area (Å²) in [6.07, 6.45) is 0.557. The van der Waals surface area contributed by atoms with Gasteiger partial charge in [-0.3, -0.25) is 9.37 Å². The van der Waals surface area contributed by atoms with E-state index in [4.69, 9.17) is 9.47 Å². The van der Waals surface area contributed by atoms with Crippen molar-refractivity contribution in [3.8, 4) is 11.1 Å². The second-order valence-electron chi connectivity index (χ2n) is 9.94. The Bertz CT molecular complexity index is 1230. The lowest BCUT2D eigenvalue weighted by Gasteiger charge is -2.28. The first kappa shape index (κ1) is 26.7. The zero-order chi connectivity index (χ0) is 26.0. The van der Waals surface area contributed by atoms with Gasteiger partial charge in [0.2, 0.25) is 0 Å². The Hall–Kier alpha value is -2.91. The smallest absolute Gasteiger partial charge is 0.406 e. The van der Waals surface area contributed by atoms with Crippen molar-refractivity contribution in [2.24, 2.45) is 0 Å². The zero-order valence-corrected chi connectivity index (χ0v) is 21.6. The number of rotatable bonds is 8. The Balaban J connectivity index is 1.74. The second kappa shape index (κ2) is 9.99. The van der Waals surface area contributed by atoms with Crippen molar-refractivity contribution >= 4 is 28.2 Å². The van der Waals surface area contributed by atoms with Crippen LogP contribution in [0, 0.1) is 0 Å². The summed E-state index contributed by atoms with van der Waals surface area (Å²) in [6.45, 7) is 11.8. The van der Waals surface area contributed by atoms with Crippen LogP contribution in [-0.2, 0) is 19.3 Å². The van der Waals surface area contributed by atoms with Gasteiger partial charge >= 0.3 is 6.09 Å². The van der Waals surface area contributed by atoms with E-state index in [0.29, 0.717) is 11.3 Å². The molecule has 0 spiro atoms. The maximum absolute atomic E-state index is 13.4. The van der Waals surface area contributed by atoms with Gasteiger partial charge in [0, 0.05) is 43.0 Å². The predicted molar refractivity (Wildman–Crippen MR) is 134 cm³/mol. The largest absolute Gasteiger partial charge is 0.598 e. The van der Waals surface area contributed by atoms with E-state index in [1.807, 2.05) is 30.3 Å². The summed E-state index contributed by atoms with van der Waals surface area (Å²) in [4.78, 5) is 16.8. The van der Waals surface area contributed by atoms with Crippen molar-refractivity contribution in [1.82, 2.24) is 4.98 Å². The number of carbonyl (C=O) groups excluding carboxylic acids is 1. The molecular weight excluding hydrogens is 471 g/mol. The molecule has 0 N–H and O–H groups in total. The molecule has 1 aromatic heterocycles. The van der Waals surface area contributed by atoms with Crippen molar-refractivity contribution < 1.29 is 31.7 Å². The van der Waals surface area contributed by atoms with E-state index in [9.17, 15) is 17.6 Å².